The van der Waals surface area contributed by atoms with E-state index < -0.39 is 11.9 Å². The molecule has 2 N–H and O–H groups in total. The molecule has 2 aromatic carbocycles. The standard InChI is InChI=1S/C22H22N4O7S/c1-29-15-5-3-13(11-17(15)30-2)20-25-26-22(33-20)34-10-7-19(27)24-21(28)23-14-4-6-16-18(12-14)32-9-8-31-16/h3-6,11-12H,7-10H2,1-2H3,(H2,23,24,27,28). The minimum Gasteiger partial charge on any atom is -0.493 e. The summed E-state index contributed by atoms with van der Waals surface area (Å²) in [5.74, 6) is 2.49. The Labute approximate surface area is 199 Å². The zero-order valence-electron chi connectivity index (χ0n) is 18.5. The van der Waals surface area contributed by atoms with Crippen molar-refractivity contribution in [3.63, 3.8) is 0 Å². The van der Waals surface area contributed by atoms with Gasteiger partial charge in [0.15, 0.2) is 23.0 Å². The summed E-state index contributed by atoms with van der Waals surface area (Å²) in [4.78, 5) is 24.2. The van der Waals surface area contributed by atoms with Gasteiger partial charge in [-0.15, -0.1) is 10.2 Å². The summed E-state index contributed by atoms with van der Waals surface area (Å²) < 4.78 is 27.1. The van der Waals surface area contributed by atoms with Gasteiger partial charge in [-0.3, -0.25) is 10.1 Å². The summed E-state index contributed by atoms with van der Waals surface area (Å²) in [5.41, 5.74) is 1.16. The molecule has 0 bridgehead atoms. The second kappa shape index (κ2) is 10.8. The predicted octanol–water partition coefficient (Wildman–Crippen LogP) is 3.36. The van der Waals surface area contributed by atoms with Crippen LogP contribution in [0.15, 0.2) is 46.0 Å². The fraction of sp³-hybridized carbons (Fsp3) is 0.273. The van der Waals surface area contributed by atoms with Crippen molar-refractivity contribution in [2.24, 2.45) is 0 Å². The zero-order valence-corrected chi connectivity index (χ0v) is 19.3. The molecule has 2 heterocycles. The van der Waals surface area contributed by atoms with Gasteiger partial charge in [0.05, 0.1) is 14.2 Å². The van der Waals surface area contributed by atoms with Crippen molar-refractivity contribution in [1.82, 2.24) is 15.5 Å². The number of carbonyl (C=O) groups is 2. The molecule has 1 aromatic heterocycles. The van der Waals surface area contributed by atoms with Crippen molar-refractivity contribution in [2.75, 3.05) is 38.5 Å². The van der Waals surface area contributed by atoms with Crippen LogP contribution in [0.4, 0.5) is 10.5 Å². The molecule has 34 heavy (non-hydrogen) atoms. The van der Waals surface area contributed by atoms with Crippen LogP contribution in [0.25, 0.3) is 11.5 Å². The maximum Gasteiger partial charge on any atom is 0.325 e. The number of fused-ring (bicyclic) bond motifs is 1. The Morgan fingerprint density at radius 3 is 2.59 bits per heavy atom. The number of hydrogen-bond acceptors (Lipinski definition) is 10. The maximum absolute atomic E-state index is 12.1. The van der Waals surface area contributed by atoms with E-state index in [0.29, 0.717) is 64.3 Å². The number of amides is 3. The number of rotatable bonds is 8. The SMILES string of the molecule is COc1ccc(-c2nnc(SCCC(=O)NC(=O)Nc3ccc4c(c3)OCCO4)o2)cc1OC. The number of urea groups is 1. The molecule has 0 unspecified atom stereocenters. The van der Waals surface area contributed by atoms with Gasteiger partial charge in [-0.1, -0.05) is 11.8 Å². The van der Waals surface area contributed by atoms with Gasteiger partial charge in [0.25, 0.3) is 5.22 Å². The average Bonchev–Trinajstić information content (AvgIpc) is 3.32. The number of ether oxygens (including phenoxy) is 4. The van der Waals surface area contributed by atoms with Gasteiger partial charge in [0.1, 0.15) is 13.2 Å². The lowest BCUT2D eigenvalue weighted by atomic mass is 10.2. The summed E-state index contributed by atoms with van der Waals surface area (Å²) in [6.45, 7) is 0.919. The highest BCUT2D eigenvalue weighted by Crippen LogP contribution is 2.33. The minimum atomic E-state index is -0.639. The fourth-order valence-electron chi connectivity index (χ4n) is 3.06. The number of thioether (sulfide) groups is 1. The van der Waals surface area contributed by atoms with Crippen LogP contribution in [0, 0.1) is 0 Å². The highest BCUT2D eigenvalue weighted by molar-refractivity contribution is 7.99. The quantitative estimate of drug-likeness (QED) is 0.457. The van der Waals surface area contributed by atoms with Crippen LogP contribution in [-0.2, 0) is 4.79 Å². The van der Waals surface area contributed by atoms with Crippen molar-refractivity contribution in [1.29, 1.82) is 0 Å². The Morgan fingerprint density at radius 2 is 1.79 bits per heavy atom. The summed E-state index contributed by atoms with van der Waals surface area (Å²) >= 11 is 1.21. The zero-order chi connectivity index (χ0) is 23.9. The van der Waals surface area contributed by atoms with Crippen molar-refractivity contribution < 1.29 is 33.0 Å². The summed E-state index contributed by atoms with van der Waals surface area (Å²) in [6, 6.07) is 9.61. The van der Waals surface area contributed by atoms with E-state index in [2.05, 4.69) is 20.8 Å². The van der Waals surface area contributed by atoms with Crippen molar-refractivity contribution in [3.05, 3.63) is 36.4 Å². The first-order valence-electron chi connectivity index (χ1n) is 10.2. The molecular weight excluding hydrogens is 464 g/mol. The molecule has 1 aliphatic heterocycles. The van der Waals surface area contributed by atoms with E-state index in [-0.39, 0.29) is 6.42 Å². The van der Waals surface area contributed by atoms with Gasteiger partial charge in [-0.25, -0.2) is 4.79 Å². The lowest BCUT2D eigenvalue weighted by molar-refractivity contribution is -0.119. The van der Waals surface area contributed by atoms with Gasteiger partial charge in [-0.05, 0) is 30.3 Å². The second-order valence-corrected chi connectivity index (χ2v) is 7.95. The average molecular weight is 487 g/mol. The number of methoxy groups -OCH3 is 2. The van der Waals surface area contributed by atoms with Crippen LogP contribution < -0.4 is 29.6 Å². The Morgan fingerprint density at radius 1 is 1.00 bits per heavy atom. The number of nitrogens with one attached hydrogen (secondary N) is 2. The normalized spacial score (nSPS) is 12.1. The van der Waals surface area contributed by atoms with E-state index >= 15 is 0 Å². The molecule has 0 atom stereocenters. The number of benzene rings is 2. The molecule has 11 nitrogen and oxygen atoms in total. The lowest BCUT2D eigenvalue weighted by Crippen LogP contribution is -2.34. The summed E-state index contributed by atoms with van der Waals surface area (Å²) in [7, 11) is 3.09. The monoisotopic (exact) mass is 486 g/mol. The van der Waals surface area contributed by atoms with Crippen LogP contribution in [0.3, 0.4) is 0 Å². The molecule has 0 spiro atoms. The van der Waals surface area contributed by atoms with Crippen LogP contribution >= 0.6 is 11.8 Å². The minimum absolute atomic E-state index is 0.0767. The van der Waals surface area contributed by atoms with E-state index in [4.69, 9.17) is 23.4 Å². The number of aromatic nitrogens is 2. The maximum atomic E-state index is 12.1. The van der Waals surface area contributed by atoms with Crippen LogP contribution in [0.2, 0.25) is 0 Å². The predicted molar refractivity (Wildman–Crippen MR) is 123 cm³/mol. The fourth-order valence-corrected chi connectivity index (χ4v) is 3.76. The third-order valence-corrected chi connectivity index (χ3v) is 5.46. The molecule has 0 fully saturated rings. The third kappa shape index (κ3) is 5.70. The number of imide groups is 1. The second-order valence-electron chi connectivity index (χ2n) is 6.90. The molecule has 4 rings (SSSR count). The van der Waals surface area contributed by atoms with Crippen molar-refractivity contribution in [2.45, 2.75) is 11.6 Å². The molecule has 3 aromatic rings. The largest absolute Gasteiger partial charge is 0.493 e. The molecule has 178 valence electrons. The number of carbonyl (C=O) groups excluding carboxylic acids is 2. The Kier molecular flexibility index (Phi) is 7.38. The van der Waals surface area contributed by atoms with Crippen molar-refractivity contribution in [3.8, 4) is 34.5 Å². The van der Waals surface area contributed by atoms with E-state index in [1.165, 1.54) is 18.9 Å². The lowest BCUT2D eigenvalue weighted by Gasteiger charge is -2.19. The highest BCUT2D eigenvalue weighted by atomic mass is 32.2. The smallest absolute Gasteiger partial charge is 0.325 e. The molecule has 0 saturated heterocycles. The number of hydrogen-bond donors (Lipinski definition) is 2. The highest BCUT2D eigenvalue weighted by Gasteiger charge is 2.15. The molecular formula is C22H22N4O7S. The summed E-state index contributed by atoms with van der Waals surface area (Å²) in [5, 5.41) is 13.2. The Hall–Kier alpha value is -3.93. The first-order valence-corrected chi connectivity index (χ1v) is 11.2. The first kappa shape index (κ1) is 23.2. The third-order valence-electron chi connectivity index (χ3n) is 4.64. The molecule has 12 heteroatoms. The van der Waals surface area contributed by atoms with E-state index in [1.54, 1.807) is 43.5 Å². The Bertz CT molecular complexity index is 1180. The molecule has 0 saturated carbocycles. The van der Waals surface area contributed by atoms with Gasteiger partial charge in [0, 0.05) is 29.5 Å². The topological polar surface area (TPSA) is 134 Å². The summed E-state index contributed by atoms with van der Waals surface area (Å²) in [6.07, 6.45) is 0.0767. The van der Waals surface area contributed by atoms with Gasteiger partial charge in [-0.2, -0.15) is 0 Å². The number of anilines is 1. The van der Waals surface area contributed by atoms with Gasteiger partial charge in [0.2, 0.25) is 11.8 Å². The van der Waals surface area contributed by atoms with Crippen molar-refractivity contribution >= 4 is 29.4 Å². The van der Waals surface area contributed by atoms with Crippen LogP contribution in [0.5, 0.6) is 23.0 Å². The molecule has 1 aliphatic rings. The van der Waals surface area contributed by atoms with Gasteiger partial charge >= 0.3 is 6.03 Å². The van der Waals surface area contributed by atoms with E-state index in [9.17, 15) is 9.59 Å². The molecule has 0 radical (unpaired) electrons. The number of nitrogens with zero attached hydrogens (tertiary/aromatic N) is 2. The van der Waals surface area contributed by atoms with E-state index in [1.807, 2.05) is 0 Å². The van der Waals surface area contributed by atoms with Crippen LogP contribution in [0.1, 0.15) is 6.42 Å². The molecule has 3 amide bonds. The van der Waals surface area contributed by atoms with Gasteiger partial charge < -0.3 is 28.7 Å². The molecule has 0 aliphatic carbocycles. The Balaban J connectivity index is 1.24. The van der Waals surface area contributed by atoms with Crippen LogP contribution in [-0.4, -0.2) is 55.3 Å². The van der Waals surface area contributed by atoms with E-state index in [0.717, 1.165) is 0 Å². The first-order chi connectivity index (χ1) is 16.6.